The number of anilines is 1. The third kappa shape index (κ3) is 3.69. The number of carboxylic acid groups (broad SMARTS) is 1. The quantitative estimate of drug-likeness (QED) is 0.837. The van der Waals surface area contributed by atoms with Crippen LogP contribution in [0.5, 0.6) is 0 Å². The van der Waals surface area contributed by atoms with Crippen LogP contribution in [0.15, 0.2) is 18.5 Å². The first-order valence-corrected chi connectivity index (χ1v) is 6.87. The number of carbonyl (C=O) groups is 2. The molecule has 0 radical (unpaired) electrons. The summed E-state index contributed by atoms with van der Waals surface area (Å²) in [5.41, 5.74) is 0.478. The molecule has 20 heavy (non-hydrogen) atoms. The third-order valence-corrected chi connectivity index (χ3v) is 3.24. The van der Waals surface area contributed by atoms with E-state index >= 15 is 0 Å². The van der Waals surface area contributed by atoms with Crippen LogP contribution in [0, 0.1) is 0 Å². The van der Waals surface area contributed by atoms with Gasteiger partial charge in [0, 0.05) is 18.8 Å². The Kier molecular flexibility index (Phi) is 4.55. The summed E-state index contributed by atoms with van der Waals surface area (Å²) in [5.74, 6) is -1.06. The van der Waals surface area contributed by atoms with Gasteiger partial charge in [-0.25, -0.2) is 9.59 Å². The van der Waals surface area contributed by atoms with Gasteiger partial charge in [0.25, 0.3) is 0 Å². The van der Waals surface area contributed by atoms with Gasteiger partial charge in [-0.15, -0.1) is 0 Å². The first-order valence-electron chi connectivity index (χ1n) is 6.87. The Hall–Kier alpha value is -2.11. The first-order chi connectivity index (χ1) is 9.61. The molecule has 0 aliphatic heterocycles. The average molecular weight is 277 g/mol. The Morgan fingerprint density at radius 2 is 2.20 bits per heavy atom. The fourth-order valence-corrected chi connectivity index (χ4v) is 1.99. The van der Waals surface area contributed by atoms with E-state index in [1.54, 1.807) is 0 Å². The number of carbonyl (C=O) groups excluding carboxylic acids is 1. The molecule has 2 amide bonds. The van der Waals surface area contributed by atoms with Crippen LogP contribution in [0.3, 0.4) is 0 Å². The molecular formula is C14H19N3O3. The fourth-order valence-electron chi connectivity index (χ4n) is 1.99. The molecule has 2 N–H and O–H groups in total. The number of pyridine rings is 1. The molecule has 1 aliphatic rings. The van der Waals surface area contributed by atoms with E-state index in [-0.39, 0.29) is 11.6 Å². The highest BCUT2D eigenvalue weighted by atomic mass is 16.4. The second-order valence-corrected chi connectivity index (χ2v) is 4.98. The lowest BCUT2D eigenvalue weighted by Crippen LogP contribution is -2.37. The predicted octanol–water partition coefficient (Wildman–Crippen LogP) is 2.58. The van der Waals surface area contributed by atoms with E-state index in [0.29, 0.717) is 11.7 Å². The molecule has 1 saturated carbocycles. The topological polar surface area (TPSA) is 82.5 Å². The minimum absolute atomic E-state index is 0.0642. The van der Waals surface area contributed by atoms with Crippen LogP contribution in [-0.4, -0.2) is 39.6 Å². The Labute approximate surface area is 117 Å². The molecule has 1 aromatic rings. The van der Waals surface area contributed by atoms with E-state index in [0.717, 1.165) is 32.2 Å². The zero-order valence-electron chi connectivity index (χ0n) is 11.5. The van der Waals surface area contributed by atoms with Gasteiger partial charge in [-0.05, 0) is 25.3 Å². The molecule has 6 heteroatoms. The number of nitrogens with zero attached hydrogens (tertiary/aromatic N) is 2. The van der Waals surface area contributed by atoms with Crippen molar-refractivity contribution in [3.63, 3.8) is 0 Å². The van der Waals surface area contributed by atoms with Gasteiger partial charge in [-0.2, -0.15) is 0 Å². The second kappa shape index (κ2) is 6.36. The molecule has 6 nitrogen and oxygen atoms in total. The zero-order chi connectivity index (χ0) is 14.5. The van der Waals surface area contributed by atoms with Gasteiger partial charge in [0.2, 0.25) is 0 Å². The summed E-state index contributed by atoms with van der Waals surface area (Å²) >= 11 is 0. The minimum atomic E-state index is -1.06. The second-order valence-electron chi connectivity index (χ2n) is 4.98. The third-order valence-electron chi connectivity index (χ3n) is 3.24. The van der Waals surface area contributed by atoms with Gasteiger partial charge in [-0.3, -0.25) is 4.98 Å². The lowest BCUT2D eigenvalue weighted by Gasteiger charge is -2.22. The summed E-state index contributed by atoms with van der Waals surface area (Å²) in [7, 11) is 0. The lowest BCUT2D eigenvalue weighted by atomic mass is 10.2. The number of rotatable bonds is 6. The maximum Gasteiger partial charge on any atom is 0.337 e. The van der Waals surface area contributed by atoms with E-state index in [1.807, 2.05) is 4.90 Å². The van der Waals surface area contributed by atoms with Crippen molar-refractivity contribution < 1.29 is 14.7 Å². The van der Waals surface area contributed by atoms with Gasteiger partial charge in [0.05, 0.1) is 17.4 Å². The lowest BCUT2D eigenvalue weighted by molar-refractivity contribution is 0.0696. The summed E-state index contributed by atoms with van der Waals surface area (Å²) in [4.78, 5) is 28.7. The van der Waals surface area contributed by atoms with Gasteiger partial charge in [-0.1, -0.05) is 13.3 Å². The van der Waals surface area contributed by atoms with Crippen LogP contribution >= 0.6 is 0 Å². The molecule has 0 atom stereocenters. The Bertz CT molecular complexity index is 500. The van der Waals surface area contributed by atoms with Gasteiger partial charge >= 0.3 is 12.0 Å². The van der Waals surface area contributed by atoms with E-state index < -0.39 is 5.97 Å². The number of hydrogen-bond donors (Lipinski definition) is 2. The molecule has 0 saturated heterocycles. The van der Waals surface area contributed by atoms with Gasteiger partial charge in [0.15, 0.2) is 0 Å². The average Bonchev–Trinajstić information content (AvgIpc) is 3.24. The van der Waals surface area contributed by atoms with Crippen molar-refractivity contribution in [3.05, 3.63) is 24.0 Å². The van der Waals surface area contributed by atoms with Crippen molar-refractivity contribution in [1.29, 1.82) is 0 Å². The maximum absolute atomic E-state index is 12.2. The molecule has 0 bridgehead atoms. The van der Waals surface area contributed by atoms with Gasteiger partial charge in [0.1, 0.15) is 0 Å². The minimum Gasteiger partial charge on any atom is -0.478 e. The van der Waals surface area contributed by atoms with Crippen molar-refractivity contribution in [3.8, 4) is 0 Å². The maximum atomic E-state index is 12.2. The first kappa shape index (κ1) is 14.3. The molecular weight excluding hydrogens is 258 g/mol. The molecule has 1 aliphatic carbocycles. The summed E-state index contributed by atoms with van der Waals surface area (Å²) in [6.45, 7) is 2.82. The highest BCUT2D eigenvalue weighted by molar-refractivity contribution is 5.92. The SMILES string of the molecule is CCCCN(C(=O)Nc1cncc(C(=O)O)c1)C1CC1. The number of nitrogens with one attached hydrogen (secondary N) is 1. The molecule has 1 aromatic heterocycles. The predicted molar refractivity (Wildman–Crippen MR) is 74.9 cm³/mol. The molecule has 0 unspecified atom stereocenters. The van der Waals surface area contributed by atoms with Crippen molar-refractivity contribution in [2.45, 2.75) is 38.6 Å². The van der Waals surface area contributed by atoms with Crippen molar-refractivity contribution in [1.82, 2.24) is 9.88 Å². The molecule has 1 fully saturated rings. The number of aromatic nitrogens is 1. The molecule has 0 spiro atoms. The van der Waals surface area contributed by atoms with Gasteiger partial charge < -0.3 is 15.3 Å². The number of aromatic carboxylic acids is 1. The number of urea groups is 1. The molecule has 2 rings (SSSR count). The van der Waals surface area contributed by atoms with E-state index in [4.69, 9.17) is 5.11 Å². The fraction of sp³-hybridized carbons (Fsp3) is 0.500. The summed E-state index contributed by atoms with van der Waals surface area (Å²) in [6, 6.07) is 1.57. The highest BCUT2D eigenvalue weighted by Gasteiger charge is 2.32. The number of unbranched alkanes of at least 4 members (excludes halogenated alkanes) is 1. The van der Waals surface area contributed by atoms with Crippen LogP contribution in [0.25, 0.3) is 0 Å². The van der Waals surface area contributed by atoms with E-state index in [9.17, 15) is 9.59 Å². The standard InChI is InChI=1S/C14H19N3O3/c1-2-3-6-17(12-4-5-12)14(20)16-11-7-10(13(18)19)8-15-9-11/h7-9,12H,2-6H2,1H3,(H,16,20)(H,18,19). The Balaban J connectivity index is 2.01. The van der Waals surface area contributed by atoms with Crippen LogP contribution in [0.4, 0.5) is 10.5 Å². The smallest absolute Gasteiger partial charge is 0.337 e. The molecule has 1 heterocycles. The van der Waals surface area contributed by atoms with Crippen LogP contribution < -0.4 is 5.32 Å². The summed E-state index contributed by atoms with van der Waals surface area (Å²) < 4.78 is 0. The largest absolute Gasteiger partial charge is 0.478 e. The van der Waals surface area contributed by atoms with Crippen molar-refractivity contribution >= 4 is 17.7 Å². The monoisotopic (exact) mass is 277 g/mol. The van der Waals surface area contributed by atoms with Crippen LogP contribution in [0.2, 0.25) is 0 Å². The van der Waals surface area contributed by atoms with Crippen LogP contribution in [-0.2, 0) is 0 Å². The zero-order valence-corrected chi connectivity index (χ0v) is 11.5. The van der Waals surface area contributed by atoms with Crippen molar-refractivity contribution in [2.75, 3.05) is 11.9 Å². The summed E-state index contributed by atoms with van der Waals surface area (Å²) in [5, 5.41) is 11.6. The Morgan fingerprint density at radius 3 is 2.80 bits per heavy atom. The normalized spacial score (nSPS) is 13.8. The number of carboxylic acids is 1. The summed E-state index contributed by atoms with van der Waals surface area (Å²) in [6.07, 6.45) is 6.81. The number of amides is 2. The highest BCUT2D eigenvalue weighted by Crippen LogP contribution is 2.27. The van der Waals surface area contributed by atoms with E-state index in [1.165, 1.54) is 18.5 Å². The molecule has 108 valence electrons. The van der Waals surface area contributed by atoms with Crippen molar-refractivity contribution in [2.24, 2.45) is 0 Å². The van der Waals surface area contributed by atoms with Crippen LogP contribution in [0.1, 0.15) is 43.0 Å². The van der Waals surface area contributed by atoms with E-state index in [2.05, 4.69) is 17.2 Å². The molecule has 0 aromatic carbocycles. The number of hydrogen-bond acceptors (Lipinski definition) is 3. The Morgan fingerprint density at radius 1 is 1.45 bits per heavy atom.